The van der Waals surface area contributed by atoms with Gasteiger partial charge in [0, 0.05) is 10.0 Å². The summed E-state index contributed by atoms with van der Waals surface area (Å²) in [6.07, 6.45) is 1.38. The van der Waals surface area contributed by atoms with Gasteiger partial charge in [-0.25, -0.2) is 0 Å². The minimum absolute atomic E-state index is 0.0207. The number of ether oxygens (including phenoxy) is 1. The number of rotatable bonds is 4. The van der Waals surface area contributed by atoms with Gasteiger partial charge in [-0.2, -0.15) is 8.78 Å². The summed E-state index contributed by atoms with van der Waals surface area (Å²) in [6, 6.07) is 4.49. The van der Waals surface area contributed by atoms with Crippen molar-refractivity contribution >= 4 is 33.5 Å². The van der Waals surface area contributed by atoms with E-state index in [1.807, 2.05) is 0 Å². The molecule has 0 aliphatic rings. The summed E-state index contributed by atoms with van der Waals surface area (Å²) in [5.41, 5.74) is 0.530. The Morgan fingerprint density at radius 1 is 1.37 bits per heavy atom. The van der Waals surface area contributed by atoms with Gasteiger partial charge in [-0.1, -0.05) is 20.3 Å². The van der Waals surface area contributed by atoms with E-state index in [0.717, 1.165) is 0 Å². The van der Waals surface area contributed by atoms with Crippen LogP contribution in [0.2, 0.25) is 0 Å². The molecule has 0 saturated carbocycles. The zero-order valence-electron chi connectivity index (χ0n) is 10.7. The van der Waals surface area contributed by atoms with Crippen LogP contribution in [0.5, 0.6) is 5.75 Å². The van der Waals surface area contributed by atoms with Gasteiger partial charge in [0.05, 0.1) is 6.21 Å². The molecule has 3 nitrogen and oxygen atoms in total. The van der Waals surface area contributed by atoms with E-state index in [4.69, 9.17) is 0 Å². The van der Waals surface area contributed by atoms with E-state index in [2.05, 4.69) is 25.1 Å². The number of halogens is 3. The van der Waals surface area contributed by atoms with Crippen molar-refractivity contribution in [1.82, 2.24) is 0 Å². The third-order valence-corrected chi connectivity index (χ3v) is 3.74. The van der Waals surface area contributed by atoms with Gasteiger partial charge in [0.2, 0.25) is 0 Å². The Balaban J connectivity index is 2.89. The lowest BCUT2D eigenvalue weighted by molar-refractivity contribution is -0.0498. The molecule has 0 aliphatic heterocycles. The molecule has 1 unspecified atom stereocenters. The Kier molecular flexibility index (Phi) is 5.76. The number of alkyl halides is 2. The van der Waals surface area contributed by atoms with Gasteiger partial charge < -0.3 is 9.29 Å². The molecule has 1 aromatic rings. The number of nitrogens with zero attached hydrogens (tertiary/aromatic N) is 1. The molecule has 106 valence electrons. The molecule has 1 rings (SSSR count). The summed E-state index contributed by atoms with van der Waals surface area (Å²) < 4.78 is 44.3. The molecule has 0 bridgehead atoms. The molecule has 1 aromatic carbocycles. The van der Waals surface area contributed by atoms with Crippen molar-refractivity contribution in [2.45, 2.75) is 32.1 Å². The van der Waals surface area contributed by atoms with Crippen molar-refractivity contribution in [3.05, 3.63) is 28.2 Å². The maximum absolute atomic E-state index is 12.1. The molecule has 0 spiro atoms. The summed E-state index contributed by atoms with van der Waals surface area (Å²) in [5.74, 6) is 0.0207. The monoisotopic (exact) mass is 353 g/mol. The van der Waals surface area contributed by atoms with E-state index in [1.165, 1.54) is 18.3 Å². The molecule has 0 aliphatic carbocycles. The van der Waals surface area contributed by atoms with Gasteiger partial charge in [-0.3, -0.25) is 0 Å². The van der Waals surface area contributed by atoms with Crippen molar-refractivity contribution in [3.63, 3.8) is 0 Å². The van der Waals surface area contributed by atoms with Crippen molar-refractivity contribution < 1.29 is 18.1 Å². The molecule has 0 fully saturated rings. The highest BCUT2D eigenvalue weighted by atomic mass is 79.9. The third-order valence-electron chi connectivity index (χ3n) is 1.94. The summed E-state index contributed by atoms with van der Waals surface area (Å²) in [5, 5.41) is 0. The minimum Gasteiger partial charge on any atom is -0.591 e. The summed E-state index contributed by atoms with van der Waals surface area (Å²) >= 11 is 1.79. The number of hydrogen-bond donors (Lipinski definition) is 0. The van der Waals surface area contributed by atoms with Crippen LogP contribution < -0.4 is 4.74 Å². The van der Waals surface area contributed by atoms with Crippen LogP contribution in [0.1, 0.15) is 26.3 Å². The van der Waals surface area contributed by atoms with E-state index in [-0.39, 0.29) is 5.75 Å². The first kappa shape index (κ1) is 16.4. The predicted octanol–water partition coefficient (Wildman–Crippen LogP) is 3.93. The van der Waals surface area contributed by atoms with Crippen LogP contribution >= 0.6 is 15.9 Å². The first-order chi connectivity index (χ1) is 8.68. The summed E-state index contributed by atoms with van der Waals surface area (Å²) in [6.45, 7) is 2.51. The van der Waals surface area contributed by atoms with Crippen LogP contribution in [0, 0.1) is 0 Å². The average Bonchev–Trinajstić information content (AvgIpc) is 2.22. The molecule has 1 atom stereocenters. The highest BCUT2D eigenvalue weighted by Gasteiger charge is 2.25. The summed E-state index contributed by atoms with van der Waals surface area (Å²) in [7, 11) is 0. The molecule has 0 radical (unpaired) electrons. The molecule has 0 aromatic heterocycles. The lowest BCUT2D eigenvalue weighted by atomic mass is 10.2. The SMILES string of the molecule is CC(C)(C)[S+]([O-])/N=C/c1cc(Br)cc(OC(F)F)c1. The maximum atomic E-state index is 12.1. The van der Waals surface area contributed by atoms with E-state index in [0.29, 0.717) is 10.0 Å². The van der Waals surface area contributed by atoms with Crippen LogP contribution in [-0.4, -0.2) is 22.1 Å². The van der Waals surface area contributed by atoms with Gasteiger partial charge in [-0.05, 0) is 39.0 Å². The highest BCUT2D eigenvalue weighted by Crippen LogP contribution is 2.23. The van der Waals surface area contributed by atoms with E-state index >= 15 is 0 Å². The summed E-state index contributed by atoms with van der Waals surface area (Å²) in [4.78, 5) is 0. The molecule has 0 amide bonds. The van der Waals surface area contributed by atoms with Crippen LogP contribution in [0.4, 0.5) is 8.78 Å². The zero-order chi connectivity index (χ0) is 14.6. The van der Waals surface area contributed by atoms with Crippen LogP contribution in [0.25, 0.3) is 0 Å². The van der Waals surface area contributed by atoms with Gasteiger partial charge >= 0.3 is 6.61 Å². The van der Waals surface area contributed by atoms with Gasteiger partial charge in [-0.15, -0.1) is 0 Å². The average molecular weight is 354 g/mol. The molecule has 19 heavy (non-hydrogen) atoms. The second kappa shape index (κ2) is 6.67. The fourth-order valence-electron chi connectivity index (χ4n) is 1.10. The number of hydrogen-bond acceptors (Lipinski definition) is 3. The Morgan fingerprint density at radius 3 is 2.53 bits per heavy atom. The first-order valence-electron chi connectivity index (χ1n) is 5.40. The highest BCUT2D eigenvalue weighted by molar-refractivity contribution is 9.10. The fraction of sp³-hybridized carbons (Fsp3) is 0.417. The molecule has 7 heteroatoms. The number of benzene rings is 1. The first-order valence-corrected chi connectivity index (χ1v) is 7.30. The second-order valence-electron chi connectivity index (χ2n) is 4.69. The van der Waals surface area contributed by atoms with Crippen molar-refractivity contribution in [3.8, 4) is 5.75 Å². The van der Waals surface area contributed by atoms with Gasteiger partial charge in [0.1, 0.15) is 21.9 Å². The lowest BCUT2D eigenvalue weighted by Gasteiger charge is -2.17. The zero-order valence-corrected chi connectivity index (χ0v) is 13.1. The molecule has 0 heterocycles. The van der Waals surface area contributed by atoms with Crippen molar-refractivity contribution in [2.75, 3.05) is 0 Å². The van der Waals surface area contributed by atoms with Gasteiger partial charge in [0.25, 0.3) is 0 Å². The Bertz CT molecular complexity index is 464. The lowest BCUT2D eigenvalue weighted by Crippen LogP contribution is -2.25. The van der Waals surface area contributed by atoms with Crippen LogP contribution in [0.15, 0.2) is 27.1 Å². The molecule has 0 N–H and O–H groups in total. The Morgan fingerprint density at radius 2 is 2.00 bits per heavy atom. The quantitative estimate of drug-likeness (QED) is 0.607. The normalized spacial score (nSPS) is 14.1. The second-order valence-corrected chi connectivity index (χ2v) is 7.54. The smallest absolute Gasteiger partial charge is 0.387 e. The largest absolute Gasteiger partial charge is 0.591 e. The van der Waals surface area contributed by atoms with Crippen molar-refractivity contribution in [2.24, 2.45) is 4.40 Å². The maximum Gasteiger partial charge on any atom is 0.387 e. The Hall–Kier alpha value is -0.660. The van der Waals surface area contributed by atoms with Crippen LogP contribution in [-0.2, 0) is 11.4 Å². The molecule has 0 saturated heterocycles. The fourth-order valence-corrected chi connectivity index (χ4v) is 2.12. The molecular weight excluding hydrogens is 340 g/mol. The standard InChI is InChI=1S/C12H14BrF2NO2S/c1-12(2,3)19(17)16-7-8-4-9(13)6-10(5-8)18-11(14)15/h4-7,11H,1-3H3/b16-7+. The Labute approximate surface area is 122 Å². The predicted molar refractivity (Wildman–Crippen MR) is 76.3 cm³/mol. The van der Waals surface area contributed by atoms with E-state index in [9.17, 15) is 13.3 Å². The van der Waals surface area contributed by atoms with Crippen LogP contribution in [0.3, 0.4) is 0 Å². The van der Waals surface area contributed by atoms with E-state index in [1.54, 1.807) is 26.8 Å². The minimum atomic E-state index is -2.89. The van der Waals surface area contributed by atoms with Crippen molar-refractivity contribution in [1.29, 1.82) is 0 Å². The molecular formula is C12H14BrF2NO2S. The van der Waals surface area contributed by atoms with E-state index < -0.39 is 22.7 Å². The third kappa shape index (κ3) is 5.88. The topological polar surface area (TPSA) is 44.7 Å². The van der Waals surface area contributed by atoms with Gasteiger partial charge in [0.15, 0.2) is 0 Å².